The van der Waals surface area contributed by atoms with Crippen LogP contribution in [0, 0.1) is 12.8 Å². The second kappa shape index (κ2) is 4.12. The summed E-state index contributed by atoms with van der Waals surface area (Å²) in [5.74, 6) is 2.29. The van der Waals surface area contributed by atoms with E-state index in [0.717, 1.165) is 0 Å². The van der Waals surface area contributed by atoms with E-state index in [4.69, 9.17) is 0 Å². The molecule has 0 fully saturated rings. The minimum absolute atomic E-state index is 0.505. The molecule has 0 spiro atoms. The zero-order valence-corrected chi connectivity index (χ0v) is 10.7. The van der Waals surface area contributed by atoms with E-state index in [1.807, 2.05) is 6.07 Å². The summed E-state index contributed by atoms with van der Waals surface area (Å²) in [7, 11) is 0. The van der Waals surface area contributed by atoms with E-state index in [2.05, 4.69) is 33.8 Å². The molecule has 1 aliphatic carbocycles. The highest BCUT2D eigenvalue weighted by molar-refractivity contribution is 5.47. The van der Waals surface area contributed by atoms with Crippen molar-refractivity contribution in [3.05, 3.63) is 28.8 Å². The average molecular weight is 218 g/mol. The summed E-state index contributed by atoms with van der Waals surface area (Å²) in [5.41, 5.74) is 3.78. The van der Waals surface area contributed by atoms with Crippen molar-refractivity contribution in [1.29, 1.82) is 0 Å². The summed E-state index contributed by atoms with van der Waals surface area (Å²) in [5, 5.41) is 10.1. The Balaban J connectivity index is 2.56. The molecule has 1 heteroatoms. The molecule has 88 valence electrons. The number of hydrogen-bond donors (Lipinski definition) is 1. The zero-order chi connectivity index (χ0) is 11.9. The molecule has 0 heterocycles. The van der Waals surface area contributed by atoms with Crippen molar-refractivity contribution in [3.8, 4) is 5.75 Å². The van der Waals surface area contributed by atoms with E-state index in [1.165, 1.54) is 29.5 Å². The first-order valence-electron chi connectivity index (χ1n) is 6.34. The number of aryl methyl sites for hydroxylation is 1. The first-order valence-corrected chi connectivity index (χ1v) is 6.34. The van der Waals surface area contributed by atoms with Crippen molar-refractivity contribution in [2.24, 2.45) is 5.92 Å². The highest BCUT2D eigenvalue weighted by Gasteiger charge is 2.29. The fourth-order valence-electron chi connectivity index (χ4n) is 3.07. The van der Waals surface area contributed by atoms with Crippen molar-refractivity contribution in [2.75, 3.05) is 0 Å². The lowest BCUT2D eigenvalue weighted by atomic mass is 9.72. The van der Waals surface area contributed by atoms with E-state index in [9.17, 15) is 5.11 Å². The van der Waals surface area contributed by atoms with Crippen molar-refractivity contribution < 1.29 is 5.11 Å². The van der Waals surface area contributed by atoms with Gasteiger partial charge in [-0.15, -0.1) is 0 Å². The largest absolute Gasteiger partial charge is 0.508 e. The first-order chi connectivity index (χ1) is 7.50. The first kappa shape index (κ1) is 11.5. The summed E-state index contributed by atoms with van der Waals surface area (Å²) in [6.07, 6.45) is 2.46. The molecule has 0 radical (unpaired) electrons. The lowest BCUT2D eigenvalue weighted by Crippen LogP contribution is -2.17. The van der Waals surface area contributed by atoms with Crippen LogP contribution in [0.4, 0.5) is 0 Å². The maximum absolute atomic E-state index is 10.1. The third-order valence-electron chi connectivity index (χ3n) is 3.94. The molecule has 2 rings (SSSR count). The topological polar surface area (TPSA) is 20.2 Å². The molecule has 1 aromatic rings. The van der Waals surface area contributed by atoms with Gasteiger partial charge in [0.05, 0.1) is 0 Å². The van der Waals surface area contributed by atoms with Gasteiger partial charge in [-0.3, -0.25) is 0 Å². The maximum atomic E-state index is 10.1. The Morgan fingerprint density at radius 1 is 1.25 bits per heavy atom. The molecule has 2 unspecified atom stereocenters. The molecule has 0 saturated heterocycles. The smallest absolute Gasteiger partial charge is 0.119 e. The molecule has 1 nitrogen and oxygen atoms in total. The van der Waals surface area contributed by atoms with Crippen LogP contribution in [0.2, 0.25) is 0 Å². The molecule has 0 bridgehead atoms. The fourth-order valence-corrected chi connectivity index (χ4v) is 3.07. The van der Waals surface area contributed by atoms with E-state index in [0.29, 0.717) is 23.5 Å². The highest BCUT2D eigenvalue weighted by atomic mass is 16.3. The summed E-state index contributed by atoms with van der Waals surface area (Å²) >= 11 is 0. The van der Waals surface area contributed by atoms with Gasteiger partial charge in [0.15, 0.2) is 0 Å². The van der Waals surface area contributed by atoms with Gasteiger partial charge in [0.25, 0.3) is 0 Å². The van der Waals surface area contributed by atoms with Crippen LogP contribution in [0.5, 0.6) is 5.75 Å². The lowest BCUT2D eigenvalue weighted by molar-refractivity contribution is 0.391. The summed E-state index contributed by atoms with van der Waals surface area (Å²) in [6, 6.07) is 4.17. The van der Waals surface area contributed by atoms with Gasteiger partial charge in [-0.1, -0.05) is 26.8 Å². The quantitative estimate of drug-likeness (QED) is 0.743. The number of phenols is 1. The molecule has 1 N–H and O–H groups in total. The van der Waals surface area contributed by atoms with Crippen LogP contribution in [0.3, 0.4) is 0 Å². The van der Waals surface area contributed by atoms with Crippen LogP contribution in [0.25, 0.3) is 0 Å². The lowest BCUT2D eigenvalue weighted by Gasteiger charge is -2.33. The minimum atomic E-state index is 0.505. The third kappa shape index (κ3) is 1.83. The van der Waals surface area contributed by atoms with E-state index in [-0.39, 0.29) is 0 Å². The van der Waals surface area contributed by atoms with Gasteiger partial charge in [0.2, 0.25) is 0 Å². The summed E-state index contributed by atoms with van der Waals surface area (Å²) in [4.78, 5) is 0. The molecular formula is C15H22O. The Labute approximate surface area is 98.5 Å². The SMILES string of the molecule is Cc1cc(O)c2c(c1)C(C(C)C)CCC2C. The minimum Gasteiger partial charge on any atom is -0.508 e. The normalized spacial score (nSPS) is 24.6. The monoisotopic (exact) mass is 218 g/mol. The Morgan fingerprint density at radius 3 is 2.56 bits per heavy atom. The van der Waals surface area contributed by atoms with Crippen molar-refractivity contribution in [3.63, 3.8) is 0 Å². The molecule has 0 aliphatic heterocycles. The summed E-state index contributed by atoms with van der Waals surface area (Å²) < 4.78 is 0. The molecule has 0 saturated carbocycles. The molecule has 1 aliphatic rings. The van der Waals surface area contributed by atoms with Gasteiger partial charge in [-0.05, 0) is 54.7 Å². The predicted octanol–water partition coefficient (Wildman–Crippen LogP) is 4.34. The van der Waals surface area contributed by atoms with E-state index < -0.39 is 0 Å². The number of aromatic hydroxyl groups is 1. The Hall–Kier alpha value is -0.980. The van der Waals surface area contributed by atoms with Crippen molar-refractivity contribution in [2.45, 2.75) is 52.4 Å². The third-order valence-corrected chi connectivity index (χ3v) is 3.94. The number of fused-ring (bicyclic) bond motifs is 1. The van der Waals surface area contributed by atoms with E-state index in [1.54, 1.807) is 0 Å². The fraction of sp³-hybridized carbons (Fsp3) is 0.600. The van der Waals surface area contributed by atoms with Crippen LogP contribution < -0.4 is 0 Å². The molecule has 1 aromatic carbocycles. The van der Waals surface area contributed by atoms with Crippen LogP contribution in [0.1, 0.15) is 62.1 Å². The number of rotatable bonds is 1. The second-order valence-corrected chi connectivity index (χ2v) is 5.62. The van der Waals surface area contributed by atoms with Gasteiger partial charge < -0.3 is 5.11 Å². The van der Waals surface area contributed by atoms with Crippen LogP contribution in [0.15, 0.2) is 12.1 Å². The predicted molar refractivity (Wildman–Crippen MR) is 68.1 cm³/mol. The standard InChI is InChI=1S/C15H22O/c1-9(2)12-6-5-11(4)15-13(12)7-10(3)8-14(15)16/h7-9,11-12,16H,5-6H2,1-4H3. The number of benzene rings is 1. The van der Waals surface area contributed by atoms with E-state index >= 15 is 0 Å². The Bertz CT molecular complexity index is 393. The second-order valence-electron chi connectivity index (χ2n) is 5.62. The highest BCUT2D eigenvalue weighted by Crippen LogP contribution is 2.45. The molecule has 0 amide bonds. The summed E-state index contributed by atoms with van der Waals surface area (Å²) in [6.45, 7) is 8.86. The van der Waals surface area contributed by atoms with Crippen molar-refractivity contribution in [1.82, 2.24) is 0 Å². The van der Waals surface area contributed by atoms with Crippen LogP contribution in [-0.2, 0) is 0 Å². The van der Waals surface area contributed by atoms with Gasteiger partial charge >= 0.3 is 0 Å². The van der Waals surface area contributed by atoms with Crippen LogP contribution >= 0.6 is 0 Å². The van der Waals surface area contributed by atoms with Gasteiger partial charge in [0, 0.05) is 5.56 Å². The molecular weight excluding hydrogens is 196 g/mol. The zero-order valence-electron chi connectivity index (χ0n) is 10.7. The van der Waals surface area contributed by atoms with Crippen molar-refractivity contribution >= 4 is 0 Å². The Kier molecular flexibility index (Phi) is 2.96. The molecule has 0 aromatic heterocycles. The molecule has 16 heavy (non-hydrogen) atoms. The van der Waals surface area contributed by atoms with Gasteiger partial charge in [-0.25, -0.2) is 0 Å². The molecule has 2 atom stereocenters. The van der Waals surface area contributed by atoms with Gasteiger partial charge in [0.1, 0.15) is 5.75 Å². The number of hydrogen-bond acceptors (Lipinski definition) is 1. The maximum Gasteiger partial charge on any atom is 0.119 e. The Morgan fingerprint density at radius 2 is 1.94 bits per heavy atom. The van der Waals surface area contributed by atoms with Gasteiger partial charge in [-0.2, -0.15) is 0 Å². The average Bonchev–Trinajstić information content (AvgIpc) is 2.15. The van der Waals surface area contributed by atoms with Crippen LogP contribution in [-0.4, -0.2) is 5.11 Å². The number of phenolic OH excluding ortho intramolecular Hbond substituents is 1.